The molecular weight excluding hydrogens is 238 g/mol. The Hall–Kier alpha value is -0.340. The molecule has 1 aromatic rings. The quantitative estimate of drug-likeness (QED) is 0.781. The van der Waals surface area contributed by atoms with Crippen LogP contribution in [0.15, 0.2) is 28.7 Å². The maximum absolute atomic E-state index is 3.46. The molecule has 0 N–H and O–H groups in total. The molecule has 0 spiro atoms. The van der Waals surface area contributed by atoms with Gasteiger partial charge >= 0.3 is 0 Å². The Morgan fingerprint density at radius 2 is 2.07 bits per heavy atom. The summed E-state index contributed by atoms with van der Waals surface area (Å²) in [5, 5.41) is 0. The van der Waals surface area contributed by atoms with Crippen molar-refractivity contribution in [1.29, 1.82) is 0 Å². The summed E-state index contributed by atoms with van der Waals surface area (Å²) in [5.74, 6) is 0. The molecule has 1 aliphatic rings. The Labute approximate surface area is 94.2 Å². The lowest BCUT2D eigenvalue weighted by molar-refractivity contribution is 0.260. The number of hydrogen-bond acceptors (Lipinski definition) is 1. The van der Waals surface area contributed by atoms with Crippen molar-refractivity contribution in [3.63, 3.8) is 0 Å². The van der Waals surface area contributed by atoms with Crippen LogP contribution in [0.4, 0.5) is 0 Å². The third-order valence-corrected chi connectivity index (χ3v) is 3.52. The summed E-state index contributed by atoms with van der Waals surface area (Å²) in [6.45, 7) is 4.69. The minimum atomic E-state index is 0.763. The number of benzene rings is 1. The second kappa shape index (κ2) is 4.45. The SMILES string of the molecule is CC1CCCN1Cc1ccc(Br)cc1. The molecule has 1 aliphatic heterocycles. The Kier molecular flexibility index (Phi) is 3.24. The highest BCUT2D eigenvalue weighted by Gasteiger charge is 2.19. The summed E-state index contributed by atoms with van der Waals surface area (Å²) >= 11 is 3.46. The van der Waals surface area contributed by atoms with Gasteiger partial charge in [0.25, 0.3) is 0 Å². The van der Waals surface area contributed by atoms with E-state index in [1.54, 1.807) is 0 Å². The van der Waals surface area contributed by atoms with Crippen molar-refractivity contribution >= 4 is 15.9 Å². The van der Waals surface area contributed by atoms with Gasteiger partial charge in [-0.2, -0.15) is 0 Å². The van der Waals surface area contributed by atoms with Gasteiger partial charge in [-0.05, 0) is 44.0 Å². The van der Waals surface area contributed by atoms with Crippen molar-refractivity contribution < 1.29 is 0 Å². The Morgan fingerprint density at radius 1 is 1.36 bits per heavy atom. The van der Waals surface area contributed by atoms with Gasteiger partial charge in [-0.25, -0.2) is 0 Å². The van der Waals surface area contributed by atoms with Gasteiger partial charge < -0.3 is 0 Å². The van der Waals surface area contributed by atoms with E-state index >= 15 is 0 Å². The van der Waals surface area contributed by atoms with E-state index in [9.17, 15) is 0 Å². The fraction of sp³-hybridized carbons (Fsp3) is 0.500. The minimum absolute atomic E-state index is 0.763. The van der Waals surface area contributed by atoms with Crippen molar-refractivity contribution in [3.05, 3.63) is 34.3 Å². The highest BCUT2D eigenvalue weighted by atomic mass is 79.9. The topological polar surface area (TPSA) is 3.24 Å². The van der Waals surface area contributed by atoms with E-state index in [1.165, 1.54) is 24.9 Å². The highest BCUT2D eigenvalue weighted by molar-refractivity contribution is 9.10. The van der Waals surface area contributed by atoms with Gasteiger partial charge in [0.1, 0.15) is 0 Å². The van der Waals surface area contributed by atoms with Crippen LogP contribution in [0, 0.1) is 0 Å². The number of likely N-dealkylation sites (tertiary alicyclic amines) is 1. The number of halogens is 1. The van der Waals surface area contributed by atoms with Crippen LogP contribution >= 0.6 is 15.9 Å². The van der Waals surface area contributed by atoms with Crippen LogP contribution in [0.2, 0.25) is 0 Å². The van der Waals surface area contributed by atoms with Crippen LogP contribution in [0.1, 0.15) is 25.3 Å². The average molecular weight is 254 g/mol. The zero-order valence-corrected chi connectivity index (χ0v) is 10.1. The fourth-order valence-corrected chi connectivity index (χ4v) is 2.32. The van der Waals surface area contributed by atoms with Crippen LogP contribution in [0.3, 0.4) is 0 Å². The zero-order valence-electron chi connectivity index (χ0n) is 8.54. The smallest absolute Gasteiger partial charge is 0.0236 e. The van der Waals surface area contributed by atoms with Crippen molar-refractivity contribution in [2.75, 3.05) is 6.54 Å². The van der Waals surface area contributed by atoms with Crippen LogP contribution in [-0.4, -0.2) is 17.5 Å². The third-order valence-electron chi connectivity index (χ3n) is 2.99. The lowest BCUT2D eigenvalue weighted by Crippen LogP contribution is -2.26. The molecule has 0 aromatic heterocycles. The van der Waals surface area contributed by atoms with E-state index in [1.807, 2.05) is 0 Å². The second-order valence-corrected chi connectivity index (χ2v) is 5.00. The van der Waals surface area contributed by atoms with E-state index in [2.05, 4.69) is 52.0 Å². The van der Waals surface area contributed by atoms with Crippen molar-refractivity contribution in [2.45, 2.75) is 32.4 Å². The average Bonchev–Trinajstić information content (AvgIpc) is 2.56. The molecule has 1 nitrogen and oxygen atoms in total. The molecule has 2 heteroatoms. The molecule has 1 unspecified atom stereocenters. The van der Waals surface area contributed by atoms with Gasteiger partial charge in [-0.3, -0.25) is 4.90 Å². The number of nitrogens with zero attached hydrogens (tertiary/aromatic N) is 1. The van der Waals surface area contributed by atoms with Gasteiger partial charge in [0.15, 0.2) is 0 Å². The van der Waals surface area contributed by atoms with E-state index in [0.717, 1.165) is 17.1 Å². The first-order valence-corrected chi connectivity index (χ1v) is 6.03. The molecule has 1 heterocycles. The molecule has 0 aliphatic carbocycles. The zero-order chi connectivity index (χ0) is 9.97. The van der Waals surface area contributed by atoms with Crippen molar-refractivity contribution in [3.8, 4) is 0 Å². The molecule has 0 amide bonds. The molecule has 76 valence electrons. The molecule has 2 rings (SSSR count). The summed E-state index contributed by atoms with van der Waals surface area (Å²) < 4.78 is 1.16. The summed E-state index contributed by atoms with van der Waals surface area (Å²) in [6.07, 6.45) is 2.72. The molecule has 1 fully saturated rings. The van der Waals surface area contributed by atoms with Crippen LogP contribution in [0.25, 0.3) is 0 Å². The van der Waals surface area contributed by atoms with Crippen LogP contribution in [0.5, 0.6) is 0 Å². The minimum Gasteiger partial charge on any atom is -0.296 e. The summed E-state index contributed by atoms with van der Waals surface area (Å²) in [5.41, 5.74) is 1.42. The predicted octanol–water partition coefficient (Wildman–Crippen LogP) is 3.43. The predicted molar refractivity (Wildman–Crippen MR) is 63.2 cm³/mol. The lowest BCUT2D eigenvalue weighted by atomic mass is 10.2. The molecule has 0 bridgehead atoms. The first kappa shape index (κ1) is 10.2. The standard InChI is InChI=1S/C12H16BrN/c1-10-3-2-8-14(10)9-11-4-6-12(13)7-5-11/h4-7,10H,2-3,8-9H2,1H3. The molecule has 1 atom stereocenters. The molecule has 1 saturated heterocycles. The van der Waals surface area contributed by atoms with E-state index in [4.69, 9.17) is 0 Å². The number of rotatable bonds is 2. The van der Waals surface area contributed by atoms with Gasteiger partial charge in [0.2, 0.25) is 0 Å². The maximum Gasteiger partial charge on any atom is 0.0236 e. The first-order chi connectivity index (χ1) is 6.75. The second-order valence-electron chi connectivity index (χ2n) is 4.09. The maximum atomic E-state index is 3.46. The van der Waals surface area contributed by atoms with Crippen molar-refractivity contribution in [1.82, 2.24) is 4.90 Å². The molecular formula is C12H16BrN. The Morgan fingerprint density at radius 3 is 2.64 bits per heavy atom. The Bertz CT molecular complexity index is 294. The van der Waals surface area contributed by atoms with Gasteiger partial charge in [-0.1, -0.05) is 28.1 Å². The van der Waals surface area contributed by atoms with Crippen LogP contribution < -0.4 is 0 Å². The Balaban J connectivity index is 2.00. The fourth-order valence-electron chi connectivity index (χ4n) is 2.05. The lowest BCUT2D eigenvalue weighted by Gasteiger charge is -2.20. The third kappa shape index (κ3) is 2.37. The molecule has 1 aromatic carbocycles. The molecule has 0 radical (unpaired) electrons. The first-order valence-electron chi connectivity index (χ1n) is 5.24. The van der Waals surface area contributed by atoms with E-state index in [-0.39, 0.29) is 0 Å². The van der Waals surface area contributed by atoms with Gasteiger partial charge in [-0.15, -0.1) is 0 Å². The van der Waals surface area contributed by atoms with E-state index < -0.39 is 0 Å². The van der Waals surface area contributed by atoms with Gasteiger partial charge in [0.05, 0.1) is 0 Å². The van der Waals surface area contributed by atoms with Crippen molar-refractivity contribution in [2.24, 2.45) is 0 Å². The van der Waals surface area contributed by atoms with Gasteiger partial charge in [0, 0.05) is 17.1 Å². The monoisotopic (exact) mass is 253 g/mol. The summed E-state index contributed by atoms with van der Waals surface area (Å²) in [7, 11) is 0. The highest BCUT2D eigenvalue weighted by Crippen LogP contribution is 2.20. The molecule has 0 saturated carbocycles. The van der Waals surface area contributed by atoms with Crippen LogP contribution in [-0.2, 0) is 6.54 Å². The summed E-state index contributed by atoms with van der Waals surface area (Å²) in [4.78, 5) is 2.56. The largest absolute Gasteiger partial charge is 0.296 e. The normalized spacial score (nSPS) is 22.9. The molecule has 14 heavy (non-hydrogen) atoms. The summed E-state index contributed by atoms with van der Waals surface area (Å²) in [6, 6.07) is 9.41. The van der Waals surface area contributed by atoms with E-state index in [0.29, 0.717) is 0 Å². The number of hydrogen-bond donors (Lipinski definition) is 0.